The first-order valence-corrected chi connectivity index (χ1v) is 21.4. The summed E-state index contributed by atoms with van der Waals surface area (Å²) in [6.45, 7) is 9.22. The second-order valence-corrected chi connectivity index (χ2v) is 18.3. The maximum absolute atomic E-state index is 11.3. The van der Waals surface area contributed by atoms with Crippen molar-refractivity contribution in [2.45, 2.75) is 38.5 Å². The molecule has 2 aromatic heterocycles. The van der Waals surface area contributed by atoms with E-state index in [1.165, 1.54) is 44.5 Å². The van der Waals surface area contributed by atoms with E-state index in [-0.39, 0.29) is 10.8 Å². The fourth-order valence-corrected chi connectivity index (χ4v) is 11.6. The molecule has 11 aromatic rings. The predicted molar refractivity (Wildman–Crippen MR) is 255 cm³/mol. The Balaban J connectivity index is 1.13. The second kappa shape index (κ2) is 11.9. The van der Waals surface area contributed by atoms with Gasteiger partial charge in [0.05, 0.1) is 44.6 Å². The highest BCUT2D eigenvalue weighted by Crippen LogP contribution is 2.53. The van der Waals surface area contributed by atoms with Gasteiger partial charge in [0.25, 0.3) is 0 Å². The van der Waals surface area contributed by atoms with Gasteiger partial charge in [-0.3, -0.25) is 0 Å². The van der Waals surface area contributed by atoms with Gasteiger partial charge in [0.1, 0.15) is 12.1 Å². The largest absolute Gasteiger partial charge is 0.308 e. The number of hydrogen-bond donors (Lipinski definition) is 0. The standard InChI is InChI=1S/C58H38N4/c1-57(2)45-19-11-9-17-39(45)41-27-43-53(29-47(41)57)61(49-23-21-33-13-5-7-15-37(33)55(43)49)51-25-36(32-60)52(26-35(51)31-59)62-50-24-22-34-14-6-8-16-38(34)56(50)44-28-42-40-18-10-12-20-46(40)58(3,4)48(42)30-54(44)62/h5-30H,1-4H3. The van der Waals surface area contributed by atoms with Gasteiger partial charge in [-0.25, -0.2) is 0 Å². The number of aromatic nitrogens is 2. The SMILES string of the molecule is CC1(C)c2ccccc2-c2cc3c4c5ccccc5ccc4n(-c4cc(C#N)c(-n5c6cc7c(cc6c6c8ccccc8ccc65)-c5ccccc5C7(C)C)cc4C#N)c3cc21. The van der Waals surface area contributed by atoms with E-state index in [9.17, 15) is 10.5 Å². The molecule has 0 radical (unpaired) electrons. The normalized spacial score (nSPS) is 14.4. The summed E-state index contributed by atoms with van der Waals surface area (Å²) in [6.07, 6.45) is 0. The molecule has 2 aliphatic rings. The summed E-state index contributed by atoms with van der Waals surface area (Å²) in [6, 6.07) is 61.9. The number of nitriles is 2. The smallest absolute Gasteiger partial charge is 0.101 e. The van der Waals surface area contributed by atoms with Crippen LogP contribution in [0.2, 0.25) is 0 Å². The second-order valence-electron chi connectivity index (χ2n) is 18.3. The monoisotopic (exact) mass is 790 g/mol. The minimum absolute atomic E-state index is 0.222. The topological polar surface area (TPSA) is 57.4 Å². The molecule has 0 amide bonds. The van der Waals surface area contributed by atoms with Crippen LogP contribution >= 0.6 is 0 Å². The molecule has 4 heteroatoms. The average molecular weight is 791 g/mol. The Labute approximate surface area is 358 Å². The first kappa shape index (κ1) is 34.9. The molecule has 290 valence electrons. The fourth-order valence-electron chi connectivity index (χ4n) is 11.6. The zero-order valence-electron chi connectivity index (χ0n) is 34.8. The van der Waals surface area contributed by atoms with Crippen molar-refractivity contribution < 1.29 is 0 Å². The third-order valence-corrected chi connectivity index (χ3v) is 14.6. The zero-order valence-corrected chi connectivity index (χ0v) is 34.8. The molecule has 0 spiro atoms. The minimum atomic E-state index is -0.222. The van der Waals surface area contributed by atoms with Crippen molar-refractivity contribution in [3.05, 3.63) is 191 Å². The number of fused-ring (bicyclic) bond motifs is 16. The molecule has 0 fully saturated rings. The summed E-state index contributed by atoms with van der Waals surface area (Å²) >= 11 is 0. The summed E-state index contributed by atoms with van der Waals surface area (Å²) in [5.41, 5.74) is 16.1. The Morgan fingerprint density at radius 2 is 0.774 bits per heavy atom. The molecule has 13 rings (SSSR count). The molecule has 4 nitrogen and oxygen atoms in total. The Hall–Kier alpha value is -7.92. The summed E-state index contributed by atoms with van der Waals surface area (Å²) in [5, 5.41) is 31.7. The van der Waals surface area contributed by atoms with Crippen LogP contribution in [0.5, 0.6) is 0 Å². The van der Waals surface area contributed by atoms with Crippen LogP contribution in [0.3, 0.4) is 0 Å². The van der Waals surface area contributed by atoms with Gasteiger partial charge in [0.15, 0.2) is 0 Å². The van der Waals surface area contributed by atoms with Crippen molar-refractivity contribution in [1.29, 1.82) is 10.5 Å². The van der Waals surface area contributed by atoms with E-state index in [1.807, 2.05) is 12.1 Å². The molecule has 2 heterocycles. The van der Waals surface area contributed by atoms with Gasteiger partial charge < -0.3 is 9.13 Å². The van der Waals surface area contributed by atoms with Crippen LogP contribution in [-0.2, 0) is 10.8 Å². The van der Waals surface area contributed by atoms with Gasteiger partial charge in [-0.05, 0) is 115 Å². The summed E-state index contributed by atoms with van der Waals surface area (Å²) in [7, 11) is 0. The minimum Gasteiger partial charge on any atom is -0.308 e. The molecule has 0 N–H and O–H groups in total. The van der Waals surface area contributed by atoms with Gasteiger partial charge in [-0.1, -0.05) is 137 Å². The highest BCUT2D eigenvalue weighted by molar-refractivity contribution is 6.24. The molecule has 0 saturated carbocycles. The fraction of sp³-hybridized carbons (Fsp3) is 0.103. The molecule has 62 heavy (non-hydrogen) atoms. The summed E-state index contributed by atoms with van der Waals surface area (Å²) in [5.74, 6) is 0. The highest BCUT2D eigenvalue weighted by Gasteiger charge is 2.38. The van der Waals surface area contributed by atoms with E-state index < -0.39 is 0 Å². The van der Waals surface area contributed by atoms with Gasteiger partial charge in [0, 0.05) is 32.4 Å². The summed E-state index contributed by atoms with van der Waals surface area (Å²) in [4.78, 5) is 0. The highest BCUT2D eigenvalue weighted by atomic mass is 15.0. The van der Waals surface area contributed by atoms with Crippen molar-refractivity contribution in [3.63, 3.8) is 0 Å². The molecule has 0 saturated heterocycles. The van der Waals surface area contributed by atoms with E-state index in [4.69, 9.17) is 0 Å². The first-order valence-electron chi connectivity index (χ1n) is 21.4. The number of benzene rings is 9. The van der Waals surface area contributed by atoms with Crippen LogP contribution in [0.1, 0.15) is 61.1 Å². The van der Waals surface area contributed by atoms with Gasteiger partial charge >= 0.3 is 0 Å². The van der Waals surface area contributed by atoms with Gasteiger partial charge in [0.2, 0.25) is 0 Å². The van der Waals surface area contributed by atoms with Crippen LogP contribution in [0.4, 0.5) is 0 Å². The lowest BCUT2D eigenvalue weighted by Crippen LogP contribution is -2.15. The Kier molecular flexibility index (Phi) is 6.69. The van der Waals surface area contributed by atoms with Crippen molar-refractivity contribution in [1.82, 2.24) is 9.13 Å². The molecule has 0 bridgehead atoms. The van der Waals surface area contributed by atoms with E-state index in [2.05, 4.69) is 195 Å². The third-order valence-electron chi connectivity index (χ3n) is 14.6. The third kappa shape index (κ3) is 4.28. The lowest BCUT2D eigenvalue weighted by atomic mass is 9.82. The molecule has 9 aromatic carbocycles. The molecule has 2 aliphatic carbocycles. The maximum Gasteiger partial charge on any atom is 0.101 e. The van der Waals surface area contributed by atoms with E-state index in [0.29, 0.717) is 22.5 Å². The maximum atomic E-state index is 11.3. The van der Waals surface area contributed by atoms with Crippen LogP contribution in [-0.4, -0.2) is 9.13 Å². The molecule has 0 aliphatic heterocycles. The molecular formula is C58H38N4. The molecule has 0 atom stereocenters. The van der Waals surface area contributed by atoms with Crippen LogP contribution in [0.15, 0.2) is 158 Å². The van der Waals surface area contributed by atoms with Crippen LogP contribution in [0.25, 0.3) is 98.8 Å². The first-order chi connectivity index (χ1) is 30.2. The van der Waals surface area contributed by atoms with Gasteiger partial charge in [-0.2, -0.15) is 10.5 Å². The predicted octanol–water partition coefficient (Wildman–Crippen LogP) is 14.5. The van der Waals surface area contributed by atoms with Crippen LogP contribution < -0.4 is 0 Å². The van der Waals surface area contributed by atoms with E-state index >= 15 is 0 Å². The molecular weight excluding hydrogens is 753 g/mol. The van der Waals surface area contributed by atoms with Gasteiger partial charge in [-0.15, -0.1) is 0 Å². The Morgan fingerprint density at radius 3 is 1.21 bits per heavy atom. The van der Waals surface area contributed by atoms with E-state index in [0.717, 1.165) is 65.2 Å². The van der Waals surface area contributed by atoms with Crippen molar-refractivity contribution in [2.75, 3.05) is 0 Å². The van der Waals surface area contributed by atoms with Crippen molar-refractivity contribution >= 4 is 65.2 Å². The quantitative estimate of drug-likeness (QED) is 0.175. The average Bonchev–Trinajstić information content (AvgIpc) is 3.96. The summed E-state index contributed by atoms with van der Waals surface area (Å²) < 4.78 is 4.48. The number of nitrogens with zero attached hydrogens (tertiary/aromatic N) is 4. The lowest BCUT2D eigenvalue weighted by molar-refractivity contribution is 0.661. The van der Waals surface area contributed by atoms with Crippen LogP contribution in [0, 0.1) is 22.7 Å². The Bertz CT molecular complexity index is 3690. The lowest BCUT2D eigenvalue weighted by Gasteiger charge is -2.22. The van der Waals surface area contributed by atoms with Crippen molar-refractivity contribution in [3.8, 4) is 45.8 Å². The van der Waals surface area contributed by atoms with E-state index in [1.54, 1.807) is 0 Å². The van der Waals surface area contributed by atoms with Crippen molar-refractivity contribution in [2.24, 2.45) is 0 Å². The number of hydrogen-bond acceptors (Lipinski definition) is 2. The number of rotatable bonds is 2. The zero-order chi connectivity index (χ0) is 41.8. The molecule has 0 unspecified atom stereocenters. The Morgan fingerprint density at radius 1 is 0.371 bits per heavy atom.